The topological polar surface area (TPSA) is 97.0 Å². The van der Waals surface area contributed by atoms with Gasteiger partial charge in [0.2, 0.25) is 5.13 Å². The summed E-state index contributed by atoms with van der Waals surface area (Å²) in [5.74, 6) is 1.04. The summed E-state index contributed by atoms with van der Waals surface area (Å²) in [6, 6.07) is 6.87. The van der Waals surface area contributed by atoms with Crippen LogP contribution in [0.1, 0.15) is 6.92 Å². The number of pyridine rings is 1. The maximum atomic E-state index is 12.0. The molecular weight excluding hydrogens is 348 g/mol. The lowest BCUT2D eigenvalue weighted by Gasteiger charge is -2.08. The zero-order valence-corrected chi connectivity index (χ0v) is 14.4. The first-order valence-electron chi connectivity index (χ1n) is 7.16. The highest BCUT2D eigenvalue weighted by Gasteiger charge is 2.10. The van der Waals surface area contributed by atoms with Crippen LogP contribution in [0.5, 0.6) is 5.75 Å². The van der Waals surface area contributed by atoms with E-state index in [0.29, 0.717) is 21.7 Å². The summed E-state index contributed by atoms with van der Waals surface area (Å²) in [7, 11) is 0. The summed E-state index contributed by atoms with van der Waals surface area (Å²) < 4.78 is 6.36. The van der Waals surface area contributed by atoms with Crippen LogP contribution in [0.4, 0.5) is 5.13 Å². The molecule has 0 atom stereocenters. The Morgan fingerprint density at radius 3 is 3.04 bits per heavy atom. The quantitative estimate of drug-likeness (QED) is 0.517. The Kier molecular flexibility index (Phi) is 5.11. The number of aromatic nitrogens is 3. The van der Waals surface area contributed by atoms with Crippen LogP contribution in [-0.2, 0) is 4.79 Å². The predicted molar refractivity (Wildman–Crippen MR) is 95.0 cm³/mol. The molecule has 1 amide bonds. The Labute approximate surface area is 145 Å². The number of fused-ring (bicyclic) bond motifs is 1. The van der Waals surface area contributed by atoms with Gasteiger partial charge in [-0.1, -0.05) is 36.1 Å². The zero-order valence-electron chi connectivity index (χ0n) is 12.7. The second-order valence-electron chi connectivity index (χ2n) is 4.67. The number of nitrogens with zero attached hydrogens (tertiary/aromatic N) is 2. The van der Waals surface area contributed by atoms with Crippen LogP contribution in [0, 0.1) is 0 Å². The maximum absolute atomic E-state index is 12.0. The molecule has 9 heteroatoms. The molecule has 0 aliphatic carbocycles. The third kappa shape index (κ3) is 3.74. The van der Waals surface area contributed by atoms with Crippen molar-refractivity contribution >= 4 is 44.9 Å². The lowest BCUT2D eigenvalue weighted by molar-refractivity contribution is -0.118. The van der Waals surface area contributed by atoms with E-state index in [9.17, 15) is 9.59 Å². The van der Waals surface area contributed by atoms with Gasteiger partial charge in [0.15, 0.2) is 10.9 Å². The summed E-state index contributed by atoms with van der Waals surface area (Å²) in [4.78, 5) is 26.3. The highest BCUT2D eigenvalue weighted by Crippen LogP contribution is 2.25. The molecule has 3 rings (SSSR count). The Hall–Kier alpha value is -2.39. The maximum Gasteiger partial charge on any atom is 0.264 e. The van der Waals surface area contributed by atoms with Crippen LogP contribution < -0.4 is 15.6 Å². The second kappa shape index (κ2) is 7.45. The number of aromatic amines is 1. The van der Waals surface area contributed by atoms with Crippen LogP contribution >= 0.6 is 23.1 Å². The number of carbonyl (C=O) groups is 1. The molecule has 0 unspecified atom stereocenters. The van der Waals surface area contributed by atoms with Crippen LogP contribution in [0.15, 0.2) is 39.6 Å². The number of H-pyrrole nitrogens is 1. The van der Waals surface area contributed by atoms with E-state index in [0.717, 1.165) is 10.1 Å². The van der Waals surface area contributed by atoms with E-state index in [2.05, 4.69) is 20.5 Å². The molecule has 0 spiro atoms. The van der Waals surface area contributed by atoms with Crippen molar-refractivity contribution in [2.24, 2.45) is 0 Å². The van der Waals surface area contributed by atoms with Gasteiger partial charge in [-0.3, -0.25) is 14.9 Å². The van der Waals surface area contributed by atoms with Gasteiger partial charge in [-0.25, -0.2) is 0 Å². The number of carbonyl (C=O) groups excluding carboxylic acids is 1. The average Bonchev–Trinajstić information content (AvgIpc) is 3.01. The van der Waals surface area contributed by atoms with Crippen molar-refractivity contribution in [2.75, 3.05) is 17.7 Å². The van der Waals surface area contributed by atoms with E-state index < -0.39 is 0 Å². The van der Waals surface area contributed by atoms with Gasteiger partial charge in [-0.05, 0) is 24.0 Å². The van der Waals surface area contributed by atoms with Crippen LogP contribution in [-0.4, -0.2) is 33.4 Å². The summed E-state index contributed by atoms with van der Waals surface area (Å²) in [5, 5.41) is 12.1. The van der Waals surface area contributed by atoms with E-state index in [-0.39, 0.29) is 18.1 Å². The highest BCUT2D eigenvalue weighted by atomic mass is 32.2. The minimum Gasteiger partial charge on any atom is -0.483 e. The number of amides is 1. The number of rotatable bonds is 6. The Balaban J connectivity index is 1.66. The van der Waals surface area contributed by atoms with Gasteiger partial charge in [-0.2, -0.15) is 0 Å². The zero-order chi connectivity index (χ0) is 16.9. The molecular formula is C15H14N4O3S2. The molecule has 0 saturated carbocycles. The number of ether oxygens (including phenoxy) is 1. The molecule has 0 aliphatic rings. The summed E-state index contributed by atoms with van der Waals surface area (Å²) in [5.41, 5.74) is -0.197. The normalized spacial score (nSPS) is 10.7. The fourth-order valence-corrected chi connectivity index (χ4v) is 3.72. The third-order valence-corrected chi connectivity index (χ3v) is 4.91. The van der Waals surface area contributed by atoms with Crippen LogP contribution in [0.25, 0.3) is 10.8 Å². The van der Waals surface area contributed by atoms with Gasteiger partial charge >= 0.3 is 0 Å². The Morgan fingerprint density at radius 1 is 1.33 bits per heavy atom. The van der Waals surface area contributed by atoms with Gasteiger partial charge in [0.05, 0.1) is 5.39 Å². The number of nitrogens with one attached hydrogen (secondary N) is 2. The minimum absolute atomic E-state index is 0.179. The first kappa shape index (κ1) is 16.5. The van der Waals surface area contributed by atoms with Crippen molar-refractivity contribution in [2.45, 2.75) is 11.3 Å². The number of thioether (sulfide) groups is 1. The molecule has 3 aromatic rings. The number of benzene rings is 1. The molecule has 0 radical (unpaired) electrons. The lowest BCUT2D eigenvalue weighted by Crippen LogP contribution is -2.20. The third-order valence-electron chi connectivity index (χ3n) is 3.05. The summed E-state index contributed by atoms with van der Waals surface area (Å²) in [6.07, 6.45) is 1.55. The molecule has 0 aliphatic heterocycles. The molecule has 2 heterocycles. The largest absolute Gasteiger partial charge is 0.483 e. The Bertz CT molecular complexity index is 922. The van der Waals surface area contributed by atoms with Crippen molar-refractivity contribution in [1.82, 2.24) is 15.2 Å². The Morgan fingerprint density at radius 2 is 2.21 bits per heavy atom. The molecule has 2 N–H and O–H groups in total. The van der Waals surface area contributed by atoms with E-state index in [1.807, 2.05) is 6.92 Å². The fourth-order valence-electron chi connectivity index (χ4n) is 2.06. The molecule has 0 bridgehead atoms. The van der Waals surface area contributed by atoms with E-state index in [4.69, 9.17) is 4.74 Å². The number of hydrogen-bond acceptors (Lipinski definition) is 7. The van der Waals surface area contributed by atoms with Crippen molar-refractivity contribution in [1.29, 1.82) is 0 Å². The van der Waals surface area contributed by atoms with Crippen LogP contribution in [0.2, 0.25) is 0 Å². The monoisotopic (exact) mass is 362 g/mol. The van der Waals surface area contributed by atoms with Gasteiger partial charge in [0, 0.05) is 11.6 Å². The van der Waals surface area contributed by atoms with Gasteiger partial charge in [0.1, 0.15) is 5.75 Å². The molecule has 124 valence electrons. The van der Waals surface area contributed by atoms with E-state index in [1.165, 1.54) is 11.3 Å². The number of anilines is 1. The summed E-state index contributed by atoms with van der Waals surface area (Å²) in [6.45, 7) is 1.84. The van der Waals surface area contributed by atoms with Crippen molar-refractivity contribution in [3.05, 3.63) is 40.8 Å². The van der Waals surface area contributed by atoms with Crippen LogP contribution in [0.3, 0.4) is 0 Å². The average molecular weight is 362 g/mol. The van der Waals surface area contributed by atoms with Crippen molar-refractivity contribution < 1.29 is 9.53 Å². The van der Waals surface area contributed by atoms with E-state index in [1.54, 1.807) is 42.2 Å². The van der Waals surface area contributed by atoms with E-state index >= 15 is 0 Å². The van der Waals surface area contributed by atoms with Crippen molar-refractivity contribution in [3.63, 3.8) is 0 Å². The fraction of sp³-hybridized carbons (Fsp3) is 0.200. The first-order chi connectivity index (χ1) is 11.7. The molecule has 0 saturated heterocycles. The highest BCUT2D eigenvalue weighted by molar-refractivity contribution is 8.01. The smallest absolute Gasteiger partial charge is 0.264 e. The number of hydrogen-bond donors (Lipinski definition) is 2. The van der Waals surface area contributed by atoms with Gasteiger partial charge < -0.3 is 9.72 Å². The SMILES string of the molecule is CCSc1nnc(NC(=O)COc2cccc3c(=O)[nH]ccc23)s1. The second-order valence-corrected chi connectivity index (χ2v) is 7.16. The molecule has 2 aromatic heterocycles. The van der Waals surface area contributed by atoms with Crippen molar-refractivity contribution in [3.8, 4) is 5.75 Å². The van der Waals surface area contributed by atoms with Gasteiger partial charge in [0.25, 0.3) is 11.5 Å². The summed E-state index contributed by atoms with van der Waals surface area (Å²) >= 11 is 2.89. The minimum atomic E-state index is -0.332. The molecule has 24 heavy (non-hydrogen) atoms. The van der Waals surface area contributed by atoms with Gasteiger partial charge in [-0.15, -0.1) is 10.2 Å². The molecule has 0 fully saturated rings. The molecule has 1 aromatic carbocycles. The molecule has 7 nitrogen and oxygen atoms in total. The predicted octanol–water partition coefficient (Wildman–Crippen LogP) is 2.51. The lowest BCUT2D eigenvalue weighted by atomic mass is 10.1. The standard InChI is InChI=1S/C15H14N4O3S2/c1-2-23-15-19-18-14(24-15)17-12(20)8-22-11-5-3-4-10-9(11)6-7-16-13(10)21/h3-7H,2,8H2,1H3,(H,16,21)(H,17,18,20). The first-order valence-corrected chi connectivity index (χ1v) is 8.97.